The maximum atomic E-state index is 12.9. The molecule has 0 fully saturated rings. The zero-order chi connectivity index (χ0) is 30.4. The Balaban J connectivity index is 1.43. The predicted molar refractivity (Wildman–Crippen MR) is 158 cm³/mol. The molecule has 0 radical (unpaired) electrons. The van der Waals surface area contributed by atoms with Crippen molar-refractivity contribution in [1.29, 1.82) is 0 Å². The fourth-order valence-electron chi connectivity index (χ4n) is 4.73. The van der Waals surface area contributed by atoms with E-state index in [0.29, 0.717) is 36.8 Å². The van der Waals surface area contributed by atoms with Crippen LogP contribution in [0, 0.1) is 0 Å². The predicted octanol–water partition coefficient (Wildman–Crippen LogP) is 0.706. The van der Waals surface area contributed by atoms with Gasteiger partial charge in [-0.15, -0.1) is 0 Å². The number of aromatic nitrogens is 2. The molecule has 0 aliphatic carbocycles. The highest BCUT2D eigenvalue weighted by Crippen LogP contribution is 2.31. The number of amides is 1. The van der Waals surface area contributed by atoms with Crippen molar-refractivity contribution < 1.29 is 24.6 Å². The fourth-order valence-corrected chi connectivity index (χ4v) is 4.73. The lowest BCUT2D eigenvalue weighted by Crippen LogP contribution is -2.49. The van der Waals surface area contributed by atoms with Crippen LogP contribution in [0.3, 0.4) is 0 Å². The Hall–Kier alpha value is -5.11. The van der Waals surface area contributed by atoms with Crippen LogP contribution < -0.4 is 37.9 Å². The second kappa shape index (κ2) is 13.0. The first-order valence-corrected chi connectivity index (χ1v) is 13.4. The minimum absolute atomic E-state index is 0.0727. The summed E-state index contributed by atoms with van der Waals surface area (Å²) < 4.78 is 1.71. The van der Waals surface area contributed by atoms with Gasteiger partial charge in [0.2, 0.25) is 5.95 Å². The van der Waals surface area contributed by atoms with E-state index in [1.807, 2.05) is 36.2 Å². The molecule has 2 heterocycles. The Morgan fingerprint density at radius 1 is 1.12 bits per heavy atom. The highest BCUT2D eigenvalue weighted by Gasteiger charge is 2.29. The van der Waals surface area contributed by atoms with Crippen LogP contribution in [0.2, 0.25) is 0 Å². The molecule has 1 aliphatic rings. The summed E-state index contributed by atoms with van der Waals surface area (Å²) in [5, 5.41) is 27.1. The quantitative estimate of drug-likeness (QED) is 0.158. The number of benzene rings is 2. The largest absolute Gasteiger partial charge is 0.481 e. The van der Waals surface area contributed by atoms with E-state index in [1.54, 1.807) is 16.7 Å². The summed E-state index contributed by atoms with van der Waals surface area (Å²) in [6.45, 7) is 1.49. The van der Waals surface area contributed by atoms with E-state index < -0.39 is 29.4 Å². The third kappa shape index (κ3) is 6.78. The van der Waals surface area contributed by atoms with Crippen molar-refractivity contribution in [2.45, 2.75) is 31.3 Å². The topological polar surface area (TPSA) is 218 Å². The number of fused-ring (bicyclic) bond motifs is 1. The Kier molecular flexibility index (Phi) is 9.27. The molecule has 0 unspecified atom stereocenters. The first-order chi connectivity index (χ1) is 20.1. The Morgan fingerprint density at radius 2 is 1.81 bits per heavy atom. The van der Waals surface area contributed by atoms with Gasteiger partial charge < -0.3 is 42.5 Å². The summed E-state index contributed by atoms with van der Waals surface area (Å²) in [7, 11) is 1.82. The zero-order valence-corrected chi connectivity index (χ0v) is 23.0. The highest BCUT2D eigenvalue weighted by atomic mass is 16.4. The number of anilines is 4. The second-order valence-electron chi connectivity index (χ2n) is 9.91. The van der Waals surface area contributed by atoms with Crippen LogP contribution >= 0.6 is 0 Å². The number of carbonyl (C=O) groups is 3. The lowest BCUT2D eigenvalue weighted by Gasteiger charge is -2.37. The maximum Gasteiger partial charge on any atom is 0.326 e. The van der Waals surface area contributed by atoms with Gasteiger partial charge in [0.25, 0.3) is 11.5 Å². The molecule has 1 amide bonds. The Bertz CT molecular complexity index is 1510. The molecule has 2 atom stereocenters. The minimum atomic E-state index is -1.31. The molecule has 1 aliphatic heterocycles. The van der Waals surface area contributed by atoms with Crippen molar-refractivity contribution in [3.8, 4) is 5.69 Å². The van der Waals surface area contributed by atoms with E-state index in [1.165, 1.54) is 12.1 Å². The van der Waals surface area contributed by atoms with Gasteiger partial charge in [-0.25, -0.2) is 4.79 Å². The molecule has 0 saturated heterocycles. The number of likely N-dealkylation sites (N-methyl/N-ethyl adjacent to an activating group) is 1. The molecule has 9 N–H and O–H groups in total. The van der Waals surface area contributed by atoms with Crippen LogP contribution in [0.5, 0.6) is 0 Å². The number of nitrogens with two attached hydrogens (primary N) is 2. The van der Waals surface area contributed by atoms with E-state index in [4.69, 9.17) is 16.6 Å². The van der Waals surface area contributed by atoms with Gasteiger partial charge in [-0.2, -0.15) is 4.98 Å². The van der Waals surface area contributed by atoms with Gasteiger partial charge in [0.05, 0.1) is 11.7 Å². The van der Waals surface area contributed by atoms with Crippen LogP contribution in [-0.2, 0) is 16.0 Å². The molecular formula is C28H34N8O6. The second-order valence-corrected chi connectivity index (χ2v) is 9.91. The van der Waals surface area contributed by atoms with Gasteiger partial charge in [-0.05, 0) is 61.3 Å². The average Bonchev–Trinajstić information content (AvgIpc) is 2.95. The molecule has 1 aromatic heterocycles. The molecule has 0 bridgehead atoms. The fraction of sp³-hybridized carbons (Fsp3) is 0.321. The SMILES string of the molecule is CN1c2c(n(-c3ccc(CCN)cc3)c(N)nc2=O)NC[C@H]1CNc1ccc(C(=O)N[C@H](CCC(=O)O)C(=O)O)cc1. The van der Waals surface area contributed by atoms with Crippen molar-refractivity contribution in [1.82, 2.24) is 14.9 Å². The van der Waals surface area contributed by atoms with Crippen molar-refractivity contribution in [3.63, 3.8) is 0 Å². The standard InChI is InChI=1S/C28H34N8O6/c1-35-20(14-31-18-6-4-17(5-7-18)25(39)33-21(27(41)42)10-11-22(37)38)15-32-24-23(35)26(40)34-28(30)36(24)19-8-2-16(3-9-19)12-13-29/h2-9,20-21,31-32H,10-15,29H2,1H3,(H,33,39)(H,37,38)(H,41,42)(H2,30,34,40)/t20-,21-/m1/s1. The van der Waals surface area contributed by atoms with Gasteiger partial charge in [0.1, 0.15) is 17.5 Å². The molecule has 0 saturated carbocycles. The van der Waals surface area contributed by atoms with Gasteiger partial charge in [-0.1, -0.05) is 12.1 Å². The Morgan fingerprint density at radius 3 is 2.43 bits per heavy atom. The smallest absolute Gasteiger partial charge is 0.326 e. The third-order valence-electron chi connectivity index (χ3n) is 7.07. The molecule has 14 heteroatoms. The van der Waals surface area contributed by atoms with E-state index in [0.717, 1.165) is 17.7 Å². The highest BCUT2D eigenvalue weighted by molar-refractivity contribution is 5.97. The molecule has 4 rings (SSSR count). The third-order valence-corrected chi connectivity index (χ3v) is 7.07. The lowest BCUT2D eigenvalue weighted by molar-refractivity contribution is -0.140. The van der Waals surface area contributed by atoms with E-state index in [2.05, 4.69) is 20.9 Å². The molecule has 42 heavy (non-hydrogen) atoms. The molecule has 14 nitrogen and oxygen atoms in total. The monoisotopic (exact) mass is 578 g/mol. The summed E-state index contributed by atoms with van der Waals surface area (Å²) in [5.74, 6) is -2.45. The molecule has 3 aromatic rings. The summed E-state index contributed by atoms with van der Waals surface area (Å²) in [5.41, 5.74) is 14.5. The Labute approximate surface area is 241 Å². The van der Waals surface area contributed by atoms with Crippen LogP contribution in [-0.4, -0.2) is 76.4 Å². The van der Waals surface area contributed by atoms with Crippen LogP contribution in [0.15, 0.2) is 53.3 Å². The number of nitrogen functional groups attached to an aromatic ring is 1. The normalized spacial score (nSPS) is 14.8. The summed E-state index contributed by atoms with van der Waals surface area (Å²) in [6.07, 6.45) is 0.146. The minimum Gasteiger partial charge on any atom is -0.481 e. The van der Waals surface area contributed by atoms with E-state index in [-0.39, 0.29) is 30.4 Å². The van der Waals surface area contributed by atoms with E-state index >= 15 is 0 Å². The van der Waals surface area contributed by atoms with Crippen LogP contribution in [0.25, 0.3) is 5.69 Å². The number of hydrogen-bond acceptors (Lipinski definition) is 10. The number of carboxylic acids is 2. The molecule has 0 spiro atoms. The molecule has 2 aromatic carbocycles. The van der Waals surface area contributed by atoms with Crippen molar-refractivity contribution in [2.24, 2.45) is 5.73 Å². The zero-order valence-electron chi connectivity index (χ0n) is 23.0. The van der Waals surface area contributed by atoms with Gasteiger partial charge >= 0.3 is 11.9 Å². The van der Waals surface area contributed by atoms with Gasteiger partial charge in [0.15, 0.2) is 0 Å². The summed E-state index contributed by atoms with van der Waals surface area (Å²) in [6, 6.07) is 12.7. The first kappa shape index (κ1) is 29.9. The number of nitrogens with one attached hydrogen (secondary N) is 3. The summed E-state index contributed by atoms with van der Waals surface area (Å²) >= 11 is 0. The number of aliphatic carboxylic acids is 2. The van der Waals surface area contributed by atoms with Gasteiger partial charge in [0, 0.05) is 37.8 Å². The summed E-state index contributed by atoms with van der Waals surface area (Å²) in [4.78, 5) is 53.5. The van der Waals surface area contributed by atoms with Crippen molar-refractivity contribution in [2.75, 3.05) is 47.9 Å². The lowest BCUT2D eigenvalue weighted by atomic mass is 10.1. The number of carbonyl (C=O) groups excluding carboxylic acids is 1. The van der Waals surface area contributed by atoms with Crippen LogP contribution in [0.1, 0.15) is 28.8 Å². The molecular weight excluding hydrogens is 544 g/mol. The molecule has 222 valence electrons. The van der Waals surface area contributed by atoms with E-state index in [9.17, 15) is 24.3 Å². The first-order valence-electron chi connectivity index (χ1n) is 13.4. The van der Waals surface area contributed by atoms with Crippen molar-refractivity contribution >= 4 is 41.0 Å². The average molecular weight is 579 g/mol. The number of rotatable bonds is 12. The van der Waals surface area contributed by atoms with Gasteiger partial charge in [-0.3, -0.25) is 19.0 Å². The maximum absolute atomic E-state index is 12.9. The van der Waals surface area contributed by atoms with Crippen molar-refractivity contribution in [3.05, 3.63) is 70.0 Å². The number of carboxylic acid groups (broad SMARTS) is 2. The van der Waals surface area contributed by atoms with Crippen LogP contribution in [0.4, 0.5) is 23.1 Å². The number of nitrogens with zero attached hydrogens (tertiary/aromatic N) is 3. The number of hydrogen-bond donors (Lipinski definition) is 7.